The molecule has 0 fully saturated rings. The highest BCUT2D eigenvalue weighted by Gasteiger charge is 2.10. The summed E-state index contributed by atoms with van der Waals surface area (Å²) in [5, 5.41) is 3.35. The smallest absolute Gasteiger partial charge is 0.328 e. The van der Waals surface area contributed by atoms with Gasteiger partial charge in [-0.1, -0.05) is 24.3 Å². The Morgan fingerprint density at radius 2 is 1.93 bits per heavy atom. The second-order valence-corrected chi connectivity index (χ2v) is 6.95. The number of amides is 1. The number of carbonyl (C=O) groups is 1. The second-order valence-electron chi connectivity index (χ2n) is 6.95. The SMILES string of the molecule is CCN(CCNC(=O)CCn1c(=O)[nH]c(=O)c2ccccc21)c1cccc(C)c1. The minimum atomic E-state index is -0.502. The molecule has 152 valence electrons. The van der Waals surface area contributed by atoms with Crippen LogP contribution in [-0.2, 0) is 11.3 Å². The average Bonchev–Trinajstić information content (AvgIpc) is 2.71. The zero-order valence-corrected chi connectivity index (χ0v) is 16.8. The number of para-hydroxylation sites is 1. The maximum absolute atomic E-state index is 12.3. The van der Waals surface area contributed by atoms with Crippen LogP contribution < -0.4 is 21.5 Å². The van der Waals surface area contributed by atoms with Crippen molar-refractivity contribution in [2.75, 3.05) is 24.5 Å². The van der Waals surface area contributed by atoms with Gasteiger partial charge < -0.3 is 10.2 Å². The number of benzene rings is 2. The molecule has 0 aliphatic heterocycles. The van der Waals surface area contributed by atoms with Crippen molar-refractivity contribution in [1.82, 2.24) is 14.9 Å². The number of fused-ring (bicyclic) bond motifs is 1. The highest BCUT2D eigenvalue weighted by molar-refractivity contribution is 5.78. The van der Waals surface area contributed by atoms with E-state index in [-0.39, 0.29) is 18.9 Å². The van der Waals surface area contributed by atoms with Gasteiger partial charge in [0.2, 0.25) is 5.91 Å². The molecule has 1 aromatic heterocycles. The molecule has 3 rings (SSSR count). The van der Waals surface area contributed by atoms with Crippen LogP contribution in [0.5, 0.6) is 0 Å². The lowest BCUT2D eigenvalue weighted by atomic mass is 10.2. The van der Waals surface area contributed by atoms with Gasteiger partial charge in [0.05, 0.1) is 10.9 Å². The van der Waals surface area contributed by atoms with Crippen LogP contribution in [-0.4, -0.2) is 35.1 Å². The Balaban J connectivity index is 1.58. The molecular weight excluding hydrogens is 368 g/mol. The zero-order valence-electron chi connectivity index (χ0n) is 16.8. The molecule has 2 aromatic carbocycles. The number of anilines is 1. The van der Waals surface area contributed by atoms with Crippen LogP contribution in [0.4, 0.5) is 5.69 Å². The number of aromatic nitrogens is 2. The van der Waals surface area contributed by atoms with Gasteiger partial charge in [0.25, 0.3) is 5.56 Å². The second kappa shape index (κ2) is 9.23. The Morgan fingerprint density at radius 3 is 2.69 bits per heavy atom. The van der Waals surface area contributed by atoms with E-state index in [1.54, 1.807) is 24.3 Å². The topological polar surface area (TPSA) is 87.2 Å². The number of hydrogen-bond acceptors (Lipinski definition) is 4. The van der Waals surface area contributed by atoms with Crippen LogP contribution in [0.25, 0.3) is 10.9 Å². The summed E-state index contributed by atoms with van der Waals surface area (Å²) < 4.78 is 1.43. The summed E-state index contributed by atoms with van der Waals surface area (Å²) in [5.74, 6) is -0.132. The van der Waals surface area contributed by atoms with Gasteiger partial charge in [0, 0.05) is 38.3 Å². The van der Waals surface area contributed by atoms with Crippen LogP contribution in [0.15, 0.2) is 58.1 Å². The van der Waals surface area contributed by atoms with Crippen LogP contribution in [0, 0.1) is 6.92 Å². The molecule has 0 radical (unpaired) electrons. The Labute approximate surface area is 169 Å². The van der Waals surface area contributed by atoms with Gasteiger partial charge >= 0.3 is 5.69 Å². The predicted molar refractivity (Wildman–Crippen MR) is 116 cm³/mol. The molecule has 7 nitrogen and oxygen atoms in total. The molecule has 0 saturated heterocycles. The van der Waals surface area contributed by atoms with E-state index in [2.05, 4.69) is 47.2 Å². The van der Waals surface area contributed by atoms with Crippen molar-refractivity contribution in [2.45, 2.75) is 26.8 Å². The van der Waals surface area contributed by atoms with Crippen LogP contribution in [0.2, 0.25) is 0 Å². The molecule has 3 aromatic rings. The maximum atomic E-state index is 12.3. The number of H-pyrrole nitrogens is 1. The van der Waals surface area contributed by atoms with Gasteiger partial charge in [-0.3, -0.25) is 19.1 Å². The Hall–Kier alpha value is -3.35. The average molecular weight is 394 g/mol. The Bertz CT molecular complexity index is 1120. The molecule has 2 N–H and O–H groups in total. The summed E-state index contributed by atoms with van der Waals surface area (Å²) in [6, 6.07) is 15.2. The van der Waals surface area contributed by atoms with E-state index in [0.717, 1.165) is 12.2 Å². The number of carbonyl (C=O) groups excluding carboxylic acids is 1. The number of nitrogens with zero attached hydrogens (tertiary/aromatic N) is 2. The summed E-state index contributed by atoms with van der Waals surface area (Å²) >= 11 is 0. The highest BCUT2D eigenvalue weighted by atomic mass is 16.2. The molecule has 29 heavy (non-hydrogen) atoms. The quantitative estimate of drug-likeness (QED) is 0.612. The number of rotatable bonds is 8. The number of aryl methyl sites for hydroxylation is 2. The van der Waals surface area contributed by atoms with Gasteiger partial charge in [0.1, 0.15) is 0 Å². The van der Waals surface area contributed by atoms with Crippen molar-refractivity contribution in [2.24, 2.45) is 0 Å². The Kier molecular flexibility index (Phi) is 6.49. The molecule has 0 spiro atoms. The lowest BCUT2D eigenvalue weighted by molar-refractivity contribution is -0.121. The van der Waals surface area contributed by atoms with E-state index in [1.165, 1.54) is 10.1 Å². The summed E-state index contributed by atoms with van der Waals surface area (Å²) in [5.41, 5.74) is 1.95. The van der Waals surface area contributed by atoms with Crippen molar-refractivity contribution in [3.63, 3.8) is 0 Å². The summed E-state index contributed by atoms with van der Waals surface area (Å²) in [7, 11) is 0. The minimum Gasteiger partial charge on any atom is -0.370 e. The van der Waals surface area contributed by atoms with Crippen molar-refractivity contribution >= 4 is 22.5 Å². The van der Waals surface area contributed by atoms with Crippen molar-refractivity contribution in [3.8, 4) is 0 Å². The van der Waals surface area contributed by atoms with E-state index >= 15 is 0 Å². The largest absolute Gasteiger partial charge is 0.370 e. The first-order valence-corrected chi connectivity index (χ1v) is 9.79. The lowest BCUT2D eigenvalue weighted by Crippen LogP contribution is -2.36. The van der Waals surface area contributed by atoms with Crippen molar-refractivity contribution in [3.05, 3.63) is 74.9 Å². The molecule has 0 unspecified atom stereocenters. The van der Waals surface area contributed by atoms with Crippen LogP contribution in [0.3, 0.4) is 0 Å². The molecule has 0 aliphatic carbocycles. The van der Waals surface area contributed by atoms with Crippen molar-refractivity contribution in [1.29, 1.82) is 0 Å². The summed E-state index contributed by atoms with van der Waals surface area (Å²) in [6.07, 6.45) is 0.159. The maximum Gasteiger partial charge on any atom is 0.328 e. The normalized spacial score (nSPS) is 10.8. The van der Waals surface area contributed by atoms with E-state index < -0.39 is 11.2 Å². The van der Waals surface area contributed by atoms with Crippen LogP contribution >= 0.6 is 0 Å². The van der Waals surface area contributed by atoms with Gasteiger partial charge in [-0.2, -0.15) is 0 Å². The van der Waals surface area contributed by atoms with E-state index in [1.807, 2.05) is 6.07 Å². The van der Waals surface area contributed by atoms with Gasteiger partial charge in [-0.15, -0.1) is 0 Å². The molecule has 0 bridgehead atoms. The van der Waals surface area contributed by atoms with Gasteiger partial charge in [-0.05, 0) is 43.7 Å². The number of hydrogen-bond donors (Lipinski definition) is 2. The fourth-order valence-corrected chi connectivity index (χ4v) is 3.39. The fourth-order valence-electron chi connectivity index (χ4n) is 3.39. The first-order chi connectivity index (χ1) is 14.0. The lowest BCUT2D eigenvalue weighted by Gasteiger charge is -2.23. The van der Waals surface area contributed by atoms with E-state index in [0.29, 0.717) is 24.0 Å². The predicted octanol–water partition coefficient (Wildman–Crippen LogP) is 2.03. The summed E-state index contributed by atoms with van der Waals surface area (Å²) in [6.45, 7) is 6.41. The first kappa shape index (κ1) is 20.4. The highest BCUT2D eigenvalue weighted by Crippen LogP contribution is 2.15. The van der Waals surface area contributed by atoms with Crippen molar-refractivity contribution < 1.29 is 4.79 Å². The summed E-state index contributed by atoms with van der Waals surface area (Å²) in [4.78, 5) is 40.9. The molecule has 7 heteroatoms. The molecule has 0 aliphatic rings. The van der Waals surface area contributed by atoms with E-state index in [4.69, 9.17) is 0 Å². The van der Waals surface area contributed by atoms with E-state index in [9.17, 15) is 14.4 Å². The third-order valence-electron chi connectivity index (χ3n) is 4.92. The number of nitrogens with one attached hydrogen (secondary N) is 2. The number of likely N-dealkylation sites (N-methyl/N-ethyl adjacent to an activating group) is 1. The number of aromatic amines is 1. The third kappa shape index (κ3) is 4.93. The Morgan fingerprint density at radius 1 is 1.14 bits per heavy atom. The molecule has 1 amide bonds. The standard InChI is InChI=1S/C22H26N4O3/c1-3-25(17-8-6-7-16(2)15-17)14-12-23-20(27)11-13-26-19-10-5-4-9-18(19)21(28)24-22(26)29/h4-10,15H,3,11-14H2,1-2H3,(H,23,27)(H,24,28,29). The molecular formula is C22H26N4O3. The molecule has 0 atom stereocenters. The van der Waals surface area contributed by atoms with Gasteiger partial charge in [-0.25, -0.2) is 4.79 Å². The molecule has 0 saturated carbocycles. The van der Waals surface area contributed by atoms with Crippen LogP contribution in [0.1, 0.15) is 18.9 Å². The minimum absolute atomic E-state index is 0.132. The molecule has 1 heterocycles. The third-order valence-corrected chi connectivity index (χ3v) is 4.92. The van der Waals surface area contributed by atoms with Gasteiger partial charge in [0.15, 0.2) is 0 Å². The zero-order chi connectivity index (χ0) is 20.8. The monoisotopic (exact) mass is 394 g/mol. The fraction of sp³-hybridized carbons (Fsp3) is 0.318. The first-order valence-electron chi connectivity index (χ1n) is 9.79.